The van der Waals surface area contributed by atoms with Gasteiger partial charge >= 0.3 is 0 Å². The standard InChI is InChI=1S/C27H24ClN3O6/c1-15-5-6-16(25(32)30-20-12-11-19(36-3)14-22(20)37-4)13-21(15)29-24-23(28)26(33)31(27(24)34)17-7-9-18(35-2)10-8-17/h5-14,29H,1-4H3,(H,30,32). The van der Waals surface area contributed by atoms with Crippen LogP contribution in [0.1, 0.15) is 15.9 Å². The first kappa shape index (κ1) is 25.6. The van der Waals surface area contributed by atoms with Gasteiger partial charge in [-0.15, -0.1) is 0 Å². The van der Waals surface area contributed by atoms with Crippen LogP contribution in [0.2, 0.25) is 0 Å². The van der Waals surface area contributed by atoms with E-state index in [9.17, 15) is 14.4 Å². The van der Waals surface area contributed by atoms with E-state index in [1.54, 1.807) is 67.6 Å². The van der Waals surface area contributed by atoms with Gasteiger partial charge in [-0.3, -0.25) is 14.4 Å². The summed E-state index contributed by atoms with van der Waals surface area (Å²) in [5, 5.41) is 5.50. The summed E-state index contributed by atoms with van der Waals surface area (Å²) in [4.78, 5) is 39.9. The molecule has 1 aliphatic rings. The third-order valence-electron chi connectivity index (χ3n) is 5.77. The monoisotopic (exact) mass is 521 g/mol. The number of carbonyl (C=O) groups is 3. The number of amides is 3. The fourth-order valence-electron chi connectivity index (χ4n) is 3.71. The van der Waals surface area contributed by atoms with Gasteiger partial charge in [0.1, 0.15) is 28.0 Å². The summed E-state index contributed by atoms with van der Waals surface area (Å²) in [5.41, 5.74) is 2.22. The first-order valence-electron chi connectivity index (χ1n) is 11.1. The minimum atomic E-state index is -0.655. The minimum absolute atomic E-state index is 0.0834. The molecule has 0 saturated carbocycles. The van der Waals surface area contributed by atoms with E-state index in [2.05, 4.69) is 10.6 Å². The number of carbonyl (C=O) groups excluding carboxylic acids is 3. The summed E-state index contributed by atoms with van der Waals surface area (Å²) >= 11 is 6.27. The van der Waals surface area contributed by atoms with E-state index >= 15 is 0 Å². The summed E-state index contributed by atoms with van der Waals surface area (Å²) in [6.07, 6.45) is 0. The number of hydrogen-bond acceptors (Lipinski definition) is 7. The van der Waals surface area contributed by atoms with Crippen molar-refractivity contribution >= 4 is 46.4 Å². The van der Waals surface area contributed by atoms with Gasteiger partial charge in [0.2, 0.25) is 0 Å². The molecule has 0 fully saturated rings. The molecule has 3 aromatic carbocycles. The Morgan fingerprint density at radius 2 is 1.49 bits per heavy atom. The highest BCUT2D eigenvalue weighted by molar-refractivity contribution is 6.53. The number of halogens is 1. The Hall–Kier alpha value is -4.50. The van der Waals surface area contributed by atoms with Crippen molar-refractivity contribution in [2.75, 3.05) is 36.9 Å². The lowest BCUT2D eigenvalue weighted by atomic mass is 10.1. The molecule has 190 valence electrons. The van der Waals surface area contributed by atoms with E-state index in [0.29, 0.717) is 39.9 Å². The highest BCUT2D eigenvalue weighted by Crippen LogP contribution is 2.33. The van der Waals surface area contributed by atoms with Crippen molar-refractivity contribution in [1.29, 1.82) is 0 Å². The van der Waals surface area contributed by atoms with Crippen molar-refractivity contribution < 1.29 is 28.6 Å². The summed E-state index contributed by atoms with van der Waals surface area (Å²) in [5.74, 6) is -0.0709. The van der Waals surface area contributed by atoms with Gasteiger partial charge in [0.05, 0.1) is 32.7 Å². The van der Waals surface area contributed by atoms with Crippen LogP contribution in [0.4, 0.5) is 17.1 Å². The van der Waals surface area contributed by atoms with E-state index in [1.807, 2.05) is 0 Å². The quantitative estimate of drug-likeness (QED) is 0.413. The molecule has 0 radical (unpaired) electrons. The number of benzene rings is 3. The molecule has 2 N–H and O–H groups in total. The Morgan fingerprint density at radius 1 is 0.811 bits per heavy atom. The number of imide groups is 1. The molecule has 3 aromatic rings. The molecule has 0 spiro atoms. The summed E-state index contributed by atoms with van der Waals surface area (Å²) in [6.45, 7) is 1.80. The molecular weight excluding hydrogens is 498 g/mol. The zero-order chi connectivity index (χ0) is 26.7. The Labute approximate surface area is 218 Å². The molecule has 0 unspecified atom stereocenters. The van der Waals surface area contributed by atoms with E-state index in [4.69, 9.17) is 25.8 Å². The van der Waals surface area contributed by atoms with E-state index in [0.717, 1.165) is 10.5 Å². The second-order valence-corrected chi connectivity index (χ2v) is 8.39. The number of hydrogen-bond donors (Lipinski definition) is 2. The molecule has 37 heavy (non-hydrogen) atoms. The maximum Gasteiger partial charge on any atom is 0.283 e. The van der Waals surface area contributed by atoms with Crippen LogP contribution in [0.25, 0.3) is 0 Å². The number of nitrogens with one attached hydrogen (secondary N) is 2. The fourth-order valence-corrected chi connectivity index (χ4v) is 3.92. The summed E-state index contributed by atoms with van der Waals surface area (Å²) in [7, 11) is 4.55. The van der Waals surface area contributed by atoms with Crippen molar-refractivity contribution in [2.45, 2.75) is 6.92 Å². The van der Waals surface area contributed by atoms with Gasteiger partial charge in [-0.05, 0) is 61.0 Å². The second-order valence-electron chi connectivity index (χ2n) is 8.01. The van der Waals surface area contributed by atoms with Crippen molar-refractivity contribution in [1.82, 2.24) is 0 Å². The summed E-state index contributed by atoms with van der Waals surface area (Å²) < 4.78 is 15.7. The average Bonchev–Trinajstić information content (AvgIpc) is 3.12. The van der Waals surface area contributed by atoms with E-state index in [-0.39, 0.29) is 10.7 Å². The lowest BCUT2D eigenvalue weighted by Gasteiger charge is -2.16. The minimum Gasteiger partial charge on any atom is -0.497 e. The van der Waals surface area contributed by atoms with Crippen molar-refractivity contribution in [2.24, 2.45) is 0 Å². The number of methoxy groups -OCH3 is 3. The molecule has 9 nitrogen and oxygen atoms in total. The number of rotatable bonds is 8. The van der Waals surface area contributed by atoms with Gasteiger partial charge in [0.15, 0.2) is 0 Å². The Kier molecular flexibility index (Phi) is 7.35. The van der Waals surface area contributed by atoms with Gasteiger partial charge in [-0.25, -0.2) is 4.90 Å². The van der Waals surface area contributed by atoms with Crippen molar-refractivity contribution in [3.05, 3.63) is 82.5 Å². The van der Waals surface area contributed by atoms with Gasteiger partial charge in [-0.2, -0.15) is 0 Å². The molecular formula is C27H24ClN3O6. The zero-order valence-electron chi connectivity index (χ0n) is 20.5. The molecule has 0 bridgehead atoms. The lowest BCUT2D eigenvalue weighted by molar-refractivity contribution is -0.120. The fraction of sp³-hybridized carbons (Fsp3) is 0.148. The van der Waals surface area contributed by atoms with Crippen LogP contribution in [0.5, 0.6) is 17.2 Å². The molecule has 0 atom stereocenters. The molecule has 4 rings (SSSR count). The maximum absolute atomic E-state index is 13.1. The van der Waals surface area contributed by atoms with Crippen LogP contribution in [0.15, 0.2) is 71.4 Å². The molecule has 0 saturated heterocycles. The number of anilines is 3. The molecule has 1 aliphatic heterocycles. The predicted octanol–water partition coefficient (Wildman–Crippen LogP) is 4.71. The molecule has 0 aromatic heterocycles. The predicted molar refractivity (Wildman–Crippen MR) is 141 cm³/mol. The Bertz CT molecular complexity index is 1420. The number of nitrogens with zero attached hydrogens (tertiary/aromatic N) is 1. The van der Waals surface area contributed by atoms with Gasteiger partial charge in [0, 0.05) is 17.3 Å². The Balaban J connectivity index is 1.57. The normalized spacial score (nSPS) is 13.1. The smallest absolute Gasteiger partial charge is 0.283 e. The van der Waals surface area contributed by atoms with Crippen LogP contribution in [-0.4, -0.2) is 39.1 Å². The first-order valence-corrected chi connectivity index (χ1v) is 11.5. The highest BCUT2D eigenvalue weighted by Gasteiger charge is 2.39. The zero-order valence-corrected chi connectivity index (χ0v) is 21.3. The topological polar surface area (TPSA) is 106 Å². The lowest BCUT2D eigenvalue weighted by Crippen LogP contribution is -2.32. The van der Waals surface area contributed by atoms with Crippen LogP contribution < -0.4 is 29.7 Å². The third kappa shape index (κ3) is 5.07. The van der Waals surface area contributed by atoms with Gasteiger partial charge in [-0.1, -0.05) is 17.7 Å². The van der Waals surface area contributed by atoms with Crippen molar-refractivity contribution in [3.63, 3.8) is 0 Å². The summed E-state index contributed by atoms with van der Waals surface area (Å²) in [6, 6.07) is 16.4. The maximum atomic E-state index is 13.1. The highest BCUT2D eigenvalue weighted by atomic mass is 35.5. The second kappa shape index (κ2) is 10.6. The third-order valence-corrected chi connectivity index (χ3v) is 6.12. The molecule has 1 heterocycles. The van der Waals surface area contributed by atoms with Crippen molar-refractivity contribution in [3.8, 4) is 17.2 Å². The Morgan fingerprint density at radius 3 is 2.14 bits per heavy atom. The average molecular weight is 522 g/mol. The van der Waals surface area contributed by atoms with Crippen LogP contribution in [0.3, 0.4) is 0 Å². The molecule has 10 heteroatoms. The number of ether oxygens (including phenoxy) is 3. The van der Waals surface area contributed by atoms with E-state index in [1.165, 1.54) is 21.3 Å². The molecule has 3 amide bonds. The van der Waals surface area contributed by atoms with E-state index < -0.39 is 17.7 Å². The van der Waals surface area contributed by atoms with Gasteiger partial charge < -0.3 is 24.8 Å². The van der Waals surface area contributed by atoms with Crippen LogP contribution in [-0.2, 0) is 9.59 Å². The largest absolute Gasteiger partial charge is 0.497 e. The first-order chi connectivity index (χ1) is 17.8. The van der Waals surface area contributed by atoms with Crippen LogP contribution in [0, 0.1) is 6.92 Å². The number of aryl methyl sites for hydroxylation is 1. The van der Waals surface area contributed by atoms with Crippen LogP contribution >= 0.6 is 11.6 Å². The SMILES string of the molecule is COc1ccc(N2C(=O)C(Cl)=C(Nc3cc(C(=O)Nc4ccc(OC)cc4OC)ccc3C)C2=O)cc1. The molecule has 0 aliphatic carbocycles. The van der Waals surface area contributed by atoms with Gasteiger partial charge in [0.25, 0.3) is 17.7 Å².